The summed E-state index contributed by atoms with van der Waals surface area (Å²) >= 11 is 0. The largest absolute Gasteiger partial charge is 0.504 e. The van der Waals surface area contributed by atoms with Crippen molar-refractivity contribution in [1.29, 1.82) is 0 Å². The molecule has 0 aliphatic heterocycles. The van der Waals surface area contributed by atoms with E-state index in [1.165, 1.54) is 34.4 Å². The van der Waals surface area contributed by atoms with Gasteiger partial charge in [-0.2, -0.15) is 0 Å². The Bertz CT molecular complexity index is 1530. The van der Waals surface area contributed by atoms with E-state index in [1.807, 2.05) is 12.1 Å². The molecule has 40 heavy (non-hydrogen) atoms. The van der Waals surface area contributed by atoms with E-state index in [2.05, 4.69) is 12.1 Å². The van der Waals surface area contributed by atoms with E-state index in [9.17, 15) is 20.4 Å². The van der Waals surface area contributed by atoms with Crippen LogP contribution >= 0.6 is 0 Å². The average molecular weight is 533 g/mol. The first-order valence-electron chi connectivity index (χ1n) is 13.9. The Morgan fingerprint density at radius 2 is 0.925 bits per heavy atom. The molecule has 0 saturated heterocycles. The minimum Gasteiger partial charge on any atom is -0.504 e. The van der Waals surface area contributed by atoms with E-state index < -0.39 is 0 Å². The molecule has 0 atom stereocenters. The first kappa shape index (κ1) is 25.7. The van der Waals surface area contributed by atoms with Gasteiger partial charge in [-0.1, -0.05) is 24.3 Å². The average Bonchev–Trinajstić information content (AvgIpc) is 2.98. The number of aromatic hydroxyl groups is 4. The lowest BCUT2D eigenvalue weighted by molar-refractivity contribution is 0.403. The van der Waals surface area contributed by atoms with Crippen LogP contribution in [0.15, 0.2) is 70.6 Å². The Labute approximate surface area is 233 Å². The first-order chi connectivity index (χ1) is 19.5. The molecule has 4 aromatic rings. The van der Waals surface area contributed by atoms with E-state index in [0.717, 1.165) is 73.9 Å². The summed E-state index contributed by atoms with van der Waals surface area (Å²) in [5.74, 6) is -0.754. The first-order valence-corrected chi connectivity index (χ1v) is 13.9. The zero-order valence-electron chi connectivity index (χ0n) is 22.3. The number of phenols is 4. The fourth-order valence-electron chi connectivity index (χ4n) is 5.99. The van der Waals surface area contributed by atoms with Gasteiger partial charge in [0.2, 0.25) is 0 Å². The molecule has 0 unspecified atom stereocenters. The van der Waals surface area contributed by atoms with Gasteiger partial charge in [0.25, 0.3) is 0 Å². The highest BCUT2D eigenvalue weighted by molar-refractivity contribution is 5.96. The number of hydrogen-bond donors (Lipinski definition) is 4. The van der Waals surface area contributed by atoms with Gasteiger partial charge in [0.05, 0.1) is 11.4 Å². The molecule has 0 spiro atoms. The quantitative estimate of drug-likeness (QED) is 0.158. The zero-order valence-corrected chi connectivity index (χ0v) is 22.3. The van der Waals surface area contributed by atoms with Crippen LogP contribution in [-0.4, -0.2) is 32.9 Å². The SMILES string of the molecule is Oc1cccc(C=Nc2ccc3c(c2-c2c(N=Cc4cccc(O)c4O)ccc4c2CCCC4)CCCC3)c1O. The fourth-order valence-corrected chi connectivity index (χ4v) is 5.99. The maximum absolute atomic E-state index is 10.4. The normalized spacial score (nSPS) is 14.9. The van der Waals surface area contributed by atoms with E-state index in [-0.39, 0.29) is 23.0 Å². The Balaban J connectivity index is 1.57. The summed E-state index contributed by atoms with van der Waals surface area (Å²) in [5.41, 5.74) is 9.83. The summed E-state index contributed by atoms with van der Waals surface area (Å²) in [6.45, 7) is 0. The van der Waals surface area contributed by atoms with Gasteiger partial charge in [0, 0.05) is 34.7 Å². The molecule has 2 aliphatic rings. The number of fused-ring (bicyclic) bond motifs is 2. The van der Waals surface area contributed by atoms with Crippen LogP contribution in [0.5, 0.6) is 23.0 Å². The highest BCUT2D eigenvalue weighted by Gasteiger charge is 2.25. The summed E-state index contributed by atoms with van der Waals surface area (Å²) < 4.78 is 0. The van der Waals surface area contributed by atoms with Crippen LogP contribution in [-0.2, 0) is 25.7 Å². The number of aryl methyl sites for hydroxylation is 2. The van der Waals surface area contributed by atoms with Gasteiger partial charge >= 0.3 is 0 Å². The smallest absolute Gasteiger partial charge is 0.166 e. The fraction of sp³-hybridized carbons (Fsp3) is 0.235. The van der Waals surface area contributed by atoms with Gasteiger partial charge in [-0.15, -0.1) is 0 Å². The van der Waals surface area contributed by atoms with Crippen LogP contribution < -0.4 is 0 Å². The molecule has 4 aromatic carbocycles. The predicted molar refractivity (Wildman–Crippen MR) is 159 cm³/mol. The molecule has 0 heterocycles. The Kier molecular flexibility index (Phi) is 6.99. The molecular weight excluding hydrogens is 500 g/mol. The van der Waals surface area contributed by atoms with Crippen molar-refractivity contribution in [3.63, 3.8) is 0 Å². The standard InChI is InChI=1S/C34H32N2O4/c37-29-13-5-9-23(33(29)39)19-35-27-17-15-21-7-1-3-11-25(21)31(27)32-26-12-4-2-8-22(26)16-18-28(32)36-20-24-10-6-14-30(38)34(24)40/h5-6,9-10,13-20,37-40H,1-4,7-8,11-12H2. The highest BCUT2D eigenvalue weighted by Crippen LogP contribution is 2.47. The highest BCUT2D eigenvalue weighted by atomic mass is 16.3. The second-order valence-corrected chi connectivity index (χ2v) is 10.6. The minimum atomic E-state index is -0.195. The second-order valence-electron chi connectivity index (χ2n) is 10.6. The molecule has 0 fully saturated rings. The minimum absolute atomic E-state index is 0.182. The lowest BCUT2D eigenvalue weighted by Gasteiger charge is -2.26. The van der Waals surface area contributed by atoms with Crippen molar-refractivity contribution in [3.05, 3.63) is 94.0 Å². The number of rotatable bonds is 5. The van der Waals surface area contributed by atoms with Crippen molar-refractivity contribution >= 4 is 23.8 Å². The topological polar surface area (TPSA) is 106 Å². The number of phenolic OH excluding ortho intramolecular Hbond substituents is 4. The molecule has 0 amide bonds. The summed E-state index contributed by atoms with van der Waals surface area (Å²) in [6.07, 6.45) is 11.7. The van der Waals surface area contributed by atoms with E-state index in [1.54, 1.807) is 36.7 Å². The Morgan fingerprint density at radius 3 is 1.38 bits per heavy atom. The van der Waals surface area contributed by atoms with Crippen molar-refractivity contribution < 1.29 is 20.4 Å². The van der Waals surface area contributed by atoms with Crippen molar-refractivity contribution in [2.45, 2.75) is 51.4 Å². The van der Waals surface area contributed by atoms with Crippen molar-refractivity contribution in [2.75, 3.05) is 0 Å². The van der Waals surface area contributed by atoms with Crippen LogP contribution in [0.25, 0.3) is 11.1 Å². The molecule has 0 bridgehead atoms. The molecular formula is C34H32N2O4. The van der Waals surface area contributed by atoms with Crippen molar-refractivity contribution in [3.8, 4) is 34.1 Å². The van der Waals surface area contributed by atoms with Gasteiger partial charge in [-0.3, -0.25) is 9.98 Å². The lowest BCUT2D eigenvalue weighted by Crippen LogP contribution is -2.09. The third-order valence-corrected chi connectivity index (χ3v) is 8.05. The number of benzene rings is 4. The third kappa shape index (κ3) is 4.81. The molecule has 6 rings (SSSR count). The summed E-state index contributed by atoms with van der Waals surface area (Å²) in [7, 11) is 0. The van der Waals surface area contributed by atoms with Gasteiger partial charge in [0.15, 0.2) is 23.0 Å². The second kappa shape index (κ2) is 10.9. The van der Waals surface area contributed by atoms with E-state index >= 15 is 0 Å². The van der Waals surface area contributed by atoms with Crippen LogP contribution in [0.4, 0.5) is 11.4 Å². The molecule has 6 heteroatoms. The molecule has 2 aliphatic carbocycles. The molecule has 6 nitrogen and oxygen atoms in total. The lowest BCUT2D eigenvalue weighted by atomic mass is 9.79. The zero-order chi connectivity index (χ0) is 27.6. The van der Waals surface area contributed by atoms with Crippen molar-refractivity contribution in [1.82, 2.24) is 0 Å². The molecule has 0 radical (unpaired) electrons. The Morgan fingerprint density at radius 1 is 0.500 bits per heavy atom. The summed E-state index contributed by atoms with van der Waals surface area (Å²) in [6, 6.07) is 18.1. The summed E-state index contributed by atoms with van der Waals surface area (Å²) in [4.78, 5) is 9.75. The van der Waals surface area contributed by atoms with Gasteiger partial charge in [-0.25, -0.2) is 0 Å². The number of nitrogens with zero attached hydrogens (tertiary/aromatic N) is 2. The van der Waals surface area contributed by atoms with Gasteiger partial charge < -0.3 is 20.4 Å². The molecule has 202 valence electrons. The van der Waals surface area contributed by atoms with Crippen LogP contribution in [0.2, 0.25) is 0 Å². The maximum atomic E-state index is 10.4. The Hall–Kier alpha value is -4.58. The number of para-hydroxylation sites is 2. The molecule has 0 aromatic heterocycles. The number of aliphatic imine (C=N–C) groups is 2. The van der Waals surface area contributed by atoms with Crippen LogP contribution in [0, 0.1) is 0 Å². The van der Waals surface area contributed by atoms with E-state index in [0.29, 0.717) is 11.1 Å². The number of hydrogen-bond acceptors (Lipinski definition) is 6. The molecule has 4 N–H and O–H groups in total. The van der Waals surface area contributed by atoms with Gasteiger partial charge in [-0.05, 0) is 110 Å². The van der Waals surface area contributed by atoms with E-state index in [4.69, 9.17) is 9.98 Å². The molecule has 0 saturated carbocycles. The van der Waals surface area contributed by atoms with Crippen LogP contribution in [0.3, 0.4) is 0 Å². The summed E-state index contributed by atoms with van der Waals surface area (Å²) in [5, 5.41) is 40.7. The van der Waals surface area contributed by atoms with Gasteiger partial charge in [0.1, 0.15) is 0 Å². The predicted octanol–water partition coefficient (Wildman–Crippen LogP) is 7.43. The van der Waals surface area contributed by atoms with Crippen molar-refractivity contribution in [2.24, 2.45) is 9.98 Å². The van der Waals surface area contributed by atoms with Crippen LogP contribution in [0.1, 0.15) is 59.1 Å². The third-order valence-electron chi connectivity index (χ3n) is 8.05. The monoisotopic (exact) mass is 532 g/mol. The maximum Gasteiger partial charge on any atom is 0.166 e.